The molecular weight excluding hydrogens is 505 g/mol. The van der Waals surface area contributed by atoms with Gasteiger partial charge in [-0.2, -0.15) is 26.3 Å². The quantitative estimate of drug-likeness (QED) is 0.274. The van der Waals surface area contributed by atoms with E-state index in [4.69, 9.17) is 21.1 Å². The fourth-order valence-electron chi connectivity index (χ4n) is 3.71. The predicted octanol–water partition coefficient (Wildman–Crippen LogP) is 7.75. The molecule has 0 amide bonds. The van der Waals surface area contributed by atoms with Crippen molar-refractivity contribution in [2.24, 2.45) is 17.3 Å². The molecule has 2 unspecified atom stereocenters. The third-order valence-electron chi connectivity index (χ3n) is 5.86. The maximum Gasteiger partial charge on any atom is 0.436 e. The van der Waals surface area contributed by atoms with Crippen molar-refractivity contribution in [1.29, 1.82) is 0 Å². The Bertz CT molecular complexity index is 1080. The molecule has 1 aliphatic carbocycles. The van der Waals surface area contributed by atoms with Crippen LogP contribution in [0.4, 0.5) is 30.7 Å². The molecule has 190 valence electrons. The lowest BCUT2D eigenvalue weighted by molar-refractivity contribution is -0.323. The minimum atomic E-state index is -6.33. The number of allylic oxidation sites excluding steroid dienone is 2. The van der Waals surface area contributed by atoms with Crippen molar-refractivity contribution >= 4 is 17.6 Å². The fourth-order valence-corrected chi connectivity index (χ4v) is 4.06. The summed E-state index contributed by atoms with van der Waals surface area (Å²) in [5.74, 6) is -2.11. The maximum atomic E-state index is 14.2. The minimum Gasteiger partial charge on any atom is -0.461 e. The summed E-state index contributed by atoms with van der Waals surface area (Å²) in [6, 6.07) is 15.4. The molecule has 3 nitrogen and oxygen atoms in total. The van der Waals surface area contributed by atoms with E-state index in [9.17, 15) is 35.5 Å². The Morgan fingerprint density at radius 2 is 1.51 bits per heavy atom. The van der Waals surface area contributed by atoms with Crippen LogP contribution < -0.4 is 4.74 Å². The Morgan fingerprint density at radius 3 is 2.09 bits per heavy atom. The van der Waals surface area contributed by atoms with Crippen LogP contribution in [0.15, 0.2) is 65.7 Å². The lowest BCUT2D eigenvalue weighted by Gasteiger charge is -2.29. The highest BCUT2D eigenvalue weighted by Gasteiger charge is 2.75. The van der Waals surface area contributed by atoms with Gasteiger partial charge in [0.2, 0.25) is 0 Å². The predicted molar refractivity (Wildman–Crippen MR) is 113 cm³/mol. The summed E-state index contributed by atoms with van der Waals surface area (Å²) in [6.07, 6.45) is -12.4. The zero-order valence-electron chi connectivity index (χ0n) is 18.4. The van der Waals surface area contributed by atoms with Gasteiger partial charge in [-0.05, 0) is 41.2 Å². The first-order chi connectivity index (χ1) is 16.1. The van der Waals surface area contributed by atoms with Crippen molar-refractivity contribution in [3.63, 3.8) is 0 Å². The topological polar surface area (TPSA) is 35.5 Å². The molecule has 2 aromatic rings. The third-order valence-corrected chi connectivity index (χ3v) is 6.25. The second-order valence-corrected chi connectivity index (χ2v) is 9.07. The van der Waals surface area contributed by atoms with Crippen molar-refractivity contribution in [1.82, 2.24) is 0 Å². The summed E-state index contributed by atoms with van der Waals surface area (Å²) < 4.78 is 103. The smallest absolute Gasteiger partial charge is 0.436 e. The summed E-state index contributed by atoms with van der Waals surface area (Å²) in [6.45, 7) is 2.64. The number of alkyl halides is 7. The highest BCUT2D eigenvalue weighted by Crippen LogP contribution is 2.62. The molecular formula is C24H20ClF7O3. The summed E-state index contributed by atoms with van der Waals surface area (Å²) in [4.78, 5) is 12.5. The average Bonchev–Trinajstić information content (AvgIpc) is 3.30. The van der Waals surface area contributed by atoms with Gasteiger partial charge in [0.25, 0.3) is 0 Å². The Hall–Kier alpha value is -2.75. The number of ether oxygens (including phenoxy) is 2. The van der Waals surface area contributed by atoms with Crippen molar-refractivity contribution in [3.8, 4) is 11.5 Å². The van der Waals surface area contributed by atoms with Crippen LogP contribution in [0.3, 0.4) is 0 Å². The lowest BCUT2D eigenvalue weighted by atomic mass is 10.0. The molecule has 0 radical (unpaired) electrons. The number of hydrogen-bond acceptors (Lipinski definition) is 3. The number of carbonyl (C=O) groups excluding carboxylic acids is 1. The summed E-state index contributed by atoms with van der Waals surface area (Å²) in [7, 11) is 0. The number of halogens is 8. The van der Waals surface area contributed by atoms with Gasteiger partial charge >= 0.3 is 24.0 Å². The van der Waals surface area contributed by atoms with Gasteiger partial charge in [-0.15, -0.1) is 0 Å². The molecule has 1 fully saturated rings. The molecule has 3 rings (SSSR count). The molecule has 0 saturated heterocycles. The Morgan fingerprint density at radius 1 is 0.943 bits per heavy atom. The van der Waals surface area contributed by atoms with Crippen LogP contribution >= 0.6 is 11.6 Å². The van der Waals surface area contributed by atoms with Crippen LogP contribution in [-0.2, 0) is 16.1 Å². The van der Waals surface area contributed by atoms with E-state index in [2.05, 4.69) is 0 Å². The molecule has 0 aliphatic heterocycles. The normalized spacial score (nSPS) is 20.3. The Balaban J connectivity index is 1.69. The molecule has 0 spiro atoms. The number of para-hydroxylation sites is 1. The van der Waals surface area contributed by atoms with Gasteiger partial charge in [0.05, 0.1) is 11.0 Å². The van der Waals surface area contributed by atoms with Gasteiger partial charge in [-0.3, -0.25) is 4.79 Å². The molecule has 0 N–H and O–H groups in total. The van der Waals surface area contributed by atoms with Gasteiger partial charge in [0.15, 0.2) is 0 Å². The maximum absolute atomic E-state index is 14.2. The van der Waals surface area contributed by atoms with E-state index < -0.39 is 46.3 Å². The molecule has 35 heavy (non-hydrogen) atoms. The van der Waals surface area contributed by atoms with Gasteiger partial charge in [0, 0.05) is 0 Å². The first kappa shape index (κ1) is 26.8. The van der Waals surface area contributed by atoms with Gasteiger partial charge in [0.1, 0.15) is 18.1 Å². The van der Waals surface area contributed by atoms with Gasteiger partial charge in [-0.25, -0.2) is 4.39 Å². The molecule has 0 aromatic heterocycles. The van der Waals surface area contributed by atoms with Crippen LogP contribution in [0.1, 0.15) is 19.4 Å². The SMILES string of the molecule is CC1(C)C(C=C(Cl)C(F)(C(F)(F)F)C(F)(F)F)C1C(=O)OCc1cccc(Oc2ccccc2)c1. The Labute approximate surface area is 201 Å². The van der Waals surface area contributed by atoms with E-state index in [0.29, 0.717) is 23.1 Å². The van der Waals surface area contributed by atoms with E-state index in [1.54, 1.807) is 48.5 Å². The molecule has 2 aromatic carbocycles. The van der Waals surface area contributed by atoms with E-state index in [0.717, 1.165) is 0 Å². The third kappa shape index (κ3) is 5.42. The molecule has 11 heteroatoms. The number of hydrogen-bond donors (Lipinski definition) is 0. The van der Waals surface area contributed by atoms with Gasteiger partial charge in [-0.1, -0.05) is 61.9 Å². The van der Waals surface area contributed by atoms with E-state index >= 15 is 0 Å². The molecule has 0 bridgehead atoms. The van der Waals surface area contributed by atoms with Gasteiger partial charge < -0.3 is 9.47 Å². The second kappa shape index (κ2) is 9.37. The van der Waals surface area contributed by atoms with Crippen LogP contribution in [0.5, 0.6) is 11.5 Å². The van der Waals surface area contributed by atoms with Crippen LogP contribution in [-0.4, -0.2) is 24.0 Å². The van der Waals surface area contributed by atoms with Crippen molar-refractivity contribution in [2.45, 2.75) is 38.5 Å². The first-order valence-corrected chi connectivity index (χ1v) is 10.7. The zero-order valence-corrected chi connectivity index (χ0v) is 19.1. The average molecular weight is 525 g/mol. The summed E-state index contributed by atoms with van der Waals surface area (Å²) in [5.41, 5.74) is -6.30. The summed E-state index contributed by atoms with van der Waals surface area (Å²) >= 11 is 5.23. The molecule has 1 saturated carbocycles. The molecule has 0 heterocycles. The molecule has 2 atom stereocenters. The lowest BCUT2D eigenvalue weighted by Crippen LogP contribution is -2.53. The minimum absolute atomic E-state index is 0.222. The number of benzene rings is 2. The standard InChI is InChI=1S/C24H20ClF7O3/c1-21(2)17(12-18(25)22(26,23(27,28)29)24(30,31)32)19(21)20(33)34-13-14-7-6-10-16(11-14)35-15-8-4-3-5-9-15/h3-12,17,19H,13H2,1-2H3. The van der Waals surface area contributed by atoms with Crippen molar-refractivity contribution in [3.05, 3.63) is 71.3 Å². The van der Waals surface area contributed by atoms with E-state index in [-0.39, 0.29) is 6.61 Å². The van der Waals surface area contributed by atoms with Crippen LogP contribution in [0, 0.1) is 17.3 Å². The fraction of sp³-hybridized carbons (Fsp3) is 0.375. The highest BCUT2D eigenvalue weighted by atomic mass is 35.5. The monoisotopic (exact) mass is 524 g/mol. The Kier molecular flexibility index (Phi) is 7.19. The van der Waals surface area contributed by atoms with E-state index in [1.165, 1.54) is 13.8 Å². The van der Waals surface area contributed by atoms with Crippen LogP contribution in [0.25, 0.3) is 0 Å². The largest absolute Gasteiger partial charge is 0.461 e. The summed E-state index contributed by atoms with van der Waals surface area (Å²) in [5, 5.41) is -2.09. The molecule has 1 aliphatic rings. The second-order valence-electron chi connectivity index (χ2n) is 8.66. The number of esters is 1. The van der Waals surface area contributed by atoms with Crippen molar-refractivity contribution in [2.75, 3.05) is 0 Å². The first-order valence-electron chi connectivity index (χ1n) is 10.3. The van der Waals surface area contributed by atoms with Crippen LogP contribution in [0.2, 0.25) is 0 Å². The highest BCUT2D eigenvalue weighted by molar-refractivity contribution is 6.31. The van der Waals surface area contributed by atoms with Crippen molar-refractivity contribution < 1.29 is 45.0 Å². The van der Waals surface area contributed by atoms with E-state index in [1.807, 2.05) is 6.07 Å². The number of rotatable bonds is 7. The number of carbonyl (C=O) groups is 1. The zero-order chi connectivity index (χ0) is 26.2.